The Hall–Kier alpha value is -3.70. The second-order valence-electron chi connectivity index (χ2n) is 6.26. The zero-order chi connectivity index (χ0) is 19.5. The first-order valence-electron chi connectivity index (χ1n) is 8.83. The molecule has 1 saturated heterocycles. The second-order valence-corrected chi connectivity index (χ2v) is 6.26. The van der Waals surface area contributed by atoms with Crippen LogP contribution in [-0.2, 0) is 4.74 Å². The zero-order valence-corrected chi connectivity index (χ0v) is 15.0. The number of nitrogens with one attached hydrogen (secondary N) is 1. The van der Waals surface area contributed by atoms with Gasteiger partial charge in [-0.2, -0.15) is 5.26 Å². The fraction of sp³-hybridized carbons (Fsp3) is 0.200. The number of pyridine rings is 1. The first-order valence-corrected chi connectivity index (χ1v) is 8.83. The molecular formula is C20H17N5O3. The normalized spacial score (nSPS) is 13.9. The number of aromatic nitrogens is 2. The summed E-state index contributed by atoms with van der Waals surface area (Å²) in [6.45, 7) is 1.94. The number of anilines is 1. The highest BCUT2D eigenvalue weighted by molar-refractivity contribution is 6.06. The Morgan fingerprint density at radius 1 is 1.11 bits per heavy atom. The van der Waals surface area contributed by atoms with Crippen molar-refractivity contribution in [1.29, 1.82) is 5.26 Å². The molecule has 3 aromatic rings. The van der Waals surface area contributed by atoms with Gasteiger partial charge >= 0.3 is 0 Å². The summed E-state index contributed by atoms with van der Waals surface area (Å²) in [5.41, 5.74) is 1.52. The minimum absolute atomic E-state index is 0.0833. The van der Waals surface area contributed by atoms with E-state index in [4.69, 9.17) is 4.74 Å². The van der Waals surface area contributed by atoms with Crippen LogP contribution in [0.4, 0.5) is 5.69 Å². The molecule has 4 rings (SSSR count). The van der Waals surface area contributed by atoms with E-state index < -0.39 is 5.91 Å². The molecule has 140 valence electrons. The number of carbonyl (C=O) groups is 2. The van der Waals surface area contributed by atoms with Crippen LogP contribution < -0.4 is 5.32 Å². The van der Waals surface area contributed by atoms with Crippen molar-refractivity contribution >= 4 is 23.0 Å². The molecule has 28 heavy (non-hydrogen) atoms. The van der Waals surface area contributed by atoms with Crippen LogP contribution in [0, 0.1) is 11.3 Å². The topological polar surface area (TPSA) is 99.7 Å². The molecule has 8 heteroatoms. The molecule has 0 radical (unpaired) electrons. The number of hydrogen-bond acceptors (Lipinski definition) is 5. The maximum Gasteiger partial charge on any atom is 0.292 e. The number of nitrogens with zero attached hydrogens (tertiary/aromatic N) is 4. The smallest absolute Gasteiger partial charge is 0.292 e. The summed E-state index contributed by atoms with van der Waals surface area (Å²) >= 11 is 0. The van der Waals surface area contributed by atoms with Crippen molar-refractivity contribution in [1.82, 2.24) is 14.3 Å². The zero-order valence-electron chi connectivity index (χ0n) is 15.0. The van der Waals surface area contributed by atoms with Gasteiger partial charge in [0.15, 0.2) is 5.69 Å². The van der Waals surface area contributed by atoms with E-state index in [1.165, 1.54) is 0 Å². The van der Waals surface area contributed by atoms with Crippen LogP contribution in [-0.4, -0.2) is 52.4 Å². The van der Waals surface area contributed by atoms with E-state index in [9.17, 15) is 14.9 Å². The third-order valence-electron chi connectivity index (χ3n) is 4.55. The number of ether oxygens (including phenoxy) is 1. The quantitative estimate of drug-likeness (QED) is 0.754. The highest BCUT2D eigenvalue weighted by Gasteiger charge is 2.26. The van der Waals surface area contributed by atoms with E-state index in [1.807, 2.05) is 6.07 Å². The molecule has 0 aliphatic carbocycles. The summed E-state index contributed by atoms with van der Waals surface area (Å²) in [5, 5.41) is 11.9. The maximum absolute atomic E-state index is 12.9. The Labute approximate surface area is 161 Å². The first kappa shape index (κ1) is 17.7. The number of rotatable bonds is 3. The molecule has 1 N–H and O–H groups in total. The lowest BCUT2D eigenvalue weighted by molar-refractivity contribution is 0.0300. The van der Waals surface area contributed by atoms with E-state index in [-0.39, 0.29) is 17.4 Å². The van der Waals surface area contributed by atoms with E-state index >= 15 is 0 Å². The Kier molecular flexibility index (Phi) is 4.74. The maximum atomic E-state index is 12.9. The van der Waals surface area contributed by atoms with Crippen LogP contribution in [0.1, 0.15) is 26.7 Å². The Morgan fingerprint density at radius 2 is 1.86 bits per heavy atom. The van der Waals surface area contributed by atoms with E-state index in [0.29, 0.717) is 43.1 Å². The lowest BCUT2D eigenvalue weighted by Crippen LogP contribution is -2.40. The lowest BCUT2D eigenvalue weighted by atomic mass is 10.2. The lowest BCUT2D eigenvalue weighted by Gasteiger charge is -2.26. The number of fused-ring (bicyclic) bond motifs is 1. The fourth-order valence-corrected chi connectivity index (χ4v) is 3.14. The number of benzene rings is 1. The van der Waals surface area contributed by atoms with Gasteiger partial charge in [-0.3, -0.25) is 14.0 Å². The average Bonchev–Trinajstić information content (AvgIpc) is 3.14. The van der Waals surface area contributed by atoms with Crippen molar-refractivity contribution in [2.24, 2.45) is 0 Å². The number of nitriles is 1. The largest absolute Gasteiger partial charge is 0.378 e. The van der Waals surface area contributed by atoms with Gasteiger partial charge in [-0.25, -0.2) is 4.98 Å². The molecule has 0 saturated carbocycles. The van der Waals surface area contributed by atoms with Crippen molar-refractivity contribution in [2.45, 2.75) is 0 Å². The number of para-hydroxylation sites is 1. The van der Waals surface area contributed by atoms with Gasteiger partial charge in [-0.1, -0.05) is 18.2 Å². The minimum atomic E-state index is -0.495. The van der Waals surface area contributed by atoms with Crippen LogP contribution in [0.3, 0.4) is 0 Å². The van der Waals surface area contributed by atoms with E-state index in [1.54, 1.807) is 58.0 Å². The number of imidazole rings is 1. The summed E-state index contributed by atoms with van der Waals surface area (Å²) in [6.07, 6.45) is 1.68. The Balaban J connectivity index is 1.70. The first-order chi connectivity index (χ1) is 13.7. The highest BCUT2D eigenvalue weighted by Crippen LogP contribution is 2.19. The molecule has 2 amide bonds. The molecule has 0 unspecified atom stereocenters. The standard InChI is InChI=1S/C20H17N5O3/c21-13-14-5-1-2-6-15(14)22-19(26)18-23-17(16-7-3-4-8-25(16)18)20(27)24-9-11-28-12-10-24/h1-8H,9-12H2,(H,22,26). The molecule has 0 atom stereocenters. The van der Waals surface area contributed by atoms with Gasteiger partial charge in [0.2, 0.25) is 5.82 Å². The molecular weight excluding hydrogens is 358 g/mol. The molecule has 1 aliphatic rings. The second kappa shape index (κ2) is 7.50. The Morgan fingerprint density at radius 3 is 2.64 bits per heavy atom. The van der Waals surface area contributed by atoms with Gasteiger partial charge in [0.25, 0.3) is 11.8 Å². The molecule has 0 spiro atoms. The molecule has 2 aromatic heterocycles. The van der Waals surface area contributed by atoms with Gasteiger partial charge in [-0.15, -0.1) is 0 Å². The number of hydrogen-bond donors (Lipinski definition) is 1. The average molecular weight is 375 g/mol. The predicted octanol–water partition coefficient (Wildman–Crippen LogP) is 1.93. The summed E-state index contributed by atoms with van der Waals surface area (Å²) in [7, 11) is 0. The molecule has 1 aliphatic heterocycles. The highest BCUT2D eigenvalue weighted by atomic mass is 16.5. The van der Waals surface area contributed by atoms with Gasteiger partial charge in [-0.05, 0) is 24.3 Å². The molecule has 0 bridgehead atoms. The third-order valence-corrected chi connectivity index (χ3v) is 4.55. The summed E-state index contributed by atoms with van der Waals surface area (Å²) in [5.74, 6) is -0.645. The van der Waals surface area contributed by atoms with Crippen molar-refractivity contribution in [3.63, 3.8) is 0 Å². The third kappa shape index (κ3) is 3.19. The van der Waals surface area contributed by atoms with Gasteiger partial charge in [0, 0.05) is 19.3 Å². The minimum Gasteiger partial charge on any atom is -0.378 e. The van der Waals surface area contributed by atoms with Crippen LogP contribution in [0.2, 0.25) is 0 Å². The summed E-state index contributed by atoms with van der Waals surface area (Å²) in [4.78, 5) is 31.8. The van der Waals surface area contributed by atoms with E-state index in [0.717, 1.165) is 0 Å². The number of amides is 2. The monoisotopic (exact) mass is 375 g/mol. The van der Waals surface area contributed by atoms with Crippen molar-refractivity contribution < 1.29 is 14.3 Å². The molecule has 1 fully saturated rings. The van der Waals surface area contributed by atoms with Crippen LogP contribution in [0.25, 0.3) is 5.52 Å². The number of morpholine rings is 1. The Bertz CT molecular complexity index is 1090. The molecule has 1 aromatic carbocycles. The van der Waals surface area contributed by atoms with Crippen molar-refractivity contribution in [2.75, 3.05) is 31.6 Å². The van der Waals surface area contributed by atoms with Gasteiger partial charge in [0.05, 0.1) is 30.0 Å². The van der Waals surface area contributed by atoms with Crippen LogP contribution in [0.15, 0.2) is 48.7 Å². The SMILES string of the molecule is N#Cc1ccccc1NC(=O)c1nc(C(=O)N2CCOCC2)c2ccccn12. The van der Waals surface area contributed by atoms with Crippen LogP contribution >= 0.6 is 0 Å². The summed E-state index contributed by atoms with van der Waals surface area (Å²) in [6, 6.07) is 14.1. The van der Waals surface area contributed by atoms with Crippen molar-refractivity contribution in [3.8, 4) is 6.07 Å². The molecule has 3 heterocycles. The van der Waals surface area contributed by atoms with Gasteiger partial charge < -0.3 is 15.0 Å². The fourth-order valence-electron chi connectivity index (χ4n) is 3.14. The molecule has 8 nitrogen and oxygen atoms in total. The van der Waals surface area contributed by atoms with Crippen LogP contribution in [0.5, 0.6) is 0 Å². The number of carbonyl (C=O) groups excluding carboxylic acids is 2. The van der Waals surface area contributed by atoms with Gasteiger partial charge in [0.1, 0.15) is 6.07 Å². The van der Waals surface area contributed by atoms with Crippen molar-refractivity contribution in [3.05, 3.63) is 65.7 Å². The predicted molar refractivity (Wildman–Crippen MR) is 101 cm³/mol. The summed E-state index contributed by atoms with van der Waals surface area (Å²) < 4.78 is 6.88. The van der Waals surface area contributed by atoms with E-state index in [2.05, 4.69) is 10.3 Å².